The van der Waals surface area contributed by atoms with Crippen LogP contribution < -0.4 is 10.5 Å². The molecule has 0 unspecified atom stereocenters. The second kappa shape index (κ2) is 6.73. The van der Waals surface area contributed by atoms with E-state index >= 15 is 0 Å². The maximum Gasteiger partial charge on any atom is 0.212 e. The molecule has 2 rings (SSSR count). The first-order valence-electron chi connectivity index (χ1n) is 5.86. The second-order valence-corrected chi connectivity index (χ2v) is 7.02. The molecule has 108 valence electrons. The van der Waals surface area contributed by atoms with Crippen molar-refractivity contribution in [2.75, 3.05) is 17.2 Å². The fourth-order valence-electron chi connectivity index (χ4n) is 1.44. The summed E-state index contributed by atoms with van der Waals surface area (Å²) in [4.78, 5) is 4.73. The minimum absolute atomic E-state index is 0.0140. The van der Waals surface area contributed by atoms with Crippen molar-refractivity contribution in [1.82, 2.24) is 19.9 Å². The Hall–Kier alpha value is -1.58. The molecule has 0 fully saturated rings. The van der Waals surface area contributed by atoms with Gasteiger partial charge in [-0.25, -0.2) is 18.1 Å². The number of benzene rings is 1. The van der Waals surface area contributed by atoms with Crippen molar-refractivity contribution in [3.05, 3.63) is 36.4 Å². The van der Waals surface area contributed by atoms with Crippen molar-refractivity contribution in [2.45, 2.75) is 11.4 Å². The summed E-state index contributed by atoms with van der Waals surface area (Å²) in [6.07, 6.45) is 1.33. The monoisotopic (exact) mass is 313 g/mol. The topological polar surface area (TPSA) is 114 Å². The number of thioether (sulfide) groups is 1. The van der Waals surface area contributed by atoms with E-state index in [0.29, 0.717) is 17.3 Å². The maximum atomic E-state index is 11.8. The van der Waals surface area contributed by atoms with E-state index in [1.54, 1.807) is 6.07 Å². The number of nitrogens with one attached hydrogen (secondary N) is 2. The second-order valence-electron chi connectivity index (χ2n) is 3.96. The van der Waals surface area contributed by atoms with Crippen LogP contribution in [-0.4, -0.2) is 35.1 Å². The fraction of sp³-hybridized carbons (Fsp3) is 0.273. The molecule has 2 aromatic rings. The normalized spacial score (nSPS) is 11.6. The number of H-pyrrole nitrogens is 1. The minimum atomic E-state index is -3.34. The molecule has 0 aliphatic rings. The van der Waals surface area contributed by atoms with Gasteiger partial charge in [-0.1, -0.05) is 12.1 Å². The van der Waals surface area contributed by atoms with Crippen LogP contribution in [0.4, 0.5) is 5.69 Å². The van der Waals surface area contributed by atoms with Crippen LogP contribution in [0, 0.1) is 0 Å². The molecule has 0 bridgehead atoms. The van der Waals surface area contributed by atoms with Crippen molar-refractivity contribution < 1.29 is 8.42 Å². The van der Waals surface area contributed by atoms with Gasteiger partial charge in [0.05, 0.1) is 12.3 Å². The molecule has 0 radical (unpaired) electrons. The van der Waals surface area contributed by atoms with Crippen molar-refractivity contribution in [3.63, 3.8) is 0 Å². The van der Waals surface area contributed by atoms with E-state index in [0.717, 1.165) is 4.90 Å². The van der Waals surface area contributed by atoms with Gasteiger partial charge in [-0.15, -0.1) is 11.8 Å². The lowest BCUT2D eigenvalue weighted by Crippen LogP contribution is -2.27. The molecule has 0 atom stereocenters. The molecular formula is C11H15N5O2S2. The van der Waals surface area contributed by atoms with E-state index in [4.69, 9.17) is 5.73 Å². The number of hydrogen-bond acceptors (Lipinski definition) is 6. The van der Waals surface area contributed by atoms with Crippen LogP contribution in [0.25, 0.3) is 0 Å². The molecule has 9 heteroatoms. The highest BCUT2D eigenvalue weighted by Gasteiger charge is 2.11. The molecule has 20 heavy (non-hydrogen) atoms. The molecule has 1 aromatic carbocycles. The maximum absolute atomic E-state index is 11.8. The van der Waals surface area contributed by atoms with Gasteiger partial charge in [0.2, 0.25) is 10.0 Å². The van der Waals surface area contributed by atoms with E-state index in [9.17, 15) is 8.42 Å². The molecule has 1 heterocycles. The lowest BCUT2D eigenvalue weighted by Gasteiger charge is -2.06. The van der Waals surface area contributed by atoms with E-state index in [1.165, 1.54) is 18.1 Å². The summed E-state index contributed by atoms with van der Waals surface area (Å²) in [7, 11) is -3.34. The van der Waals surface area contributed by atoms with Crippen LogP contribution in [0.15, 0.2) is 35.5 Å². The molecule has 7 nitrogen and oxygen atoms in total. The lowest BCUT2D eigenvalue weighted by molar-refractivity contribution is 0.581. The average Bonchev–Trinajstić information content (AvgIpc) is 2.92. The molecule has 0 aliphatic heterocycles. The van der Waals surface area contributed by atoms with Crippen LogP contribution in [-0.2, 0) is 16.6 Å². The predicted molar refractivity (Wildman–Crippen MR) is 78.6 cm³/mol. The van der Waals surface area contributed by atoms with E-state index in [2.05, 4.69) is 19.9 Å². The Morgan fingerprint density at radius 3 is 2.85 bits per heavy atom. The van der Waals surface area contributed by atoms with Crippen LogP contribution in [0.2, 0.25) is 0 Å². The predicted octanol–water partition coefficient (Wildman–Crippen LogP) is 0.599. The standard InChI is InChI=1S/C11H15N5O2S2/c12-9-3-1-2-4-10(9)19-5-6-20(17,18)15-7-11-13-8-14-16-11/h1-4,8,15H,5-7,12H2,(H,13,14,16). The number of aromatic nitrogens is 3. The Bertz CT molecular complexity index is 643. The Morgan fingerprint density at radius 2 is 2.15 bits per heavy atom. The fourth-order valence-corrected chi connectivity index (χ4v) is 3.78. The molecule has 4 N–H and O–H groups in total. The van der Waals surface area contributed by atoms with Gasteiger partial charge in [0.1, 0.15) is 12.2 Å². The van der Waals surface area contributed by atoms with Gasteiger partial charge in [-0.2, -0.15) is 5.10 Å². The number of rotatable bonds is 7. The quantitative estimate of drug-likeness (QED) is 0.509. The zero-order valence-electron chi connectivity index (χ0n) is 10.6. The highest BCUT2D eigenvalue weighted by Crippen LogP contribution is 2.24. The highest BCUT2D eigenvalue weighted by molar-refractivity contribution is 8.00. The molecule has 0 aliphatic carbocycles. The third kappa shape index (κ3) is 4.51. The van der Waals surface area contributed by atoms with Crippen LogP contribution in [0.1, 0.15) is 5.82 Å². The molecule has 1 aromatic heterocycles. The first-order chi connectivity index (χ1) is 9.57. The van der Waals surface area contributed by atoms with Crippen molar-refractivity contribution in [2.24, 2.45) is 0 Å². The zero-order valence-corrected chi connectivity index (χ0v) is 12.2. The Kier molecular flexibility index (Phi) is 4.99. The first-order valence-corrected chi connectivity index (χ1v) is 8.49. The third-order valence-electron chi connectivity index (χ3n) is 2.45. The summed E-state index contributed by atoms with van der Waals surface area (Å²) in [5.41, 5.74) is 6.44. The summed E-state index contributed by atoms with van der Waals surface area (Å²) < 4.78 is 26.0. The van der Waals surface area contributed by atoms with Crippen molar-refractivity contribution in [1.29, 1.82) is 0 Å². The van der Waals surface area contributed by atoms with Crippen LogP contribution in [0.3, 0.4) is 0 Å². The Morgan fingerprint density at radius 1 is 1.35 bits per heavy atom. The number of nitrogens with two attached hydrogens (primary N) is 1. The van der Waals surface area contributed by atoms with E-state index < -0.39 is 10.0 Å². The molecular weight excluding hydrogens is 298 g/mol. The largest absolute Gasteiger partial charge is 0.398 e. The number of para-hydroxylation sites is 1. The zero-order chi connectivity index (χ0) is 14.4. The SMILES string of the molecule is Nc1ccccc1SCCS(=O)(=O)NCc1ncn[nH]1. The number of anilines is 1. The van der Waals surface area contributed by atoms with Gasteiger partial charge in [-0.3, -0.25) is 5.10 Å². The molecule has 0 amide bonds. The number of hydrogen-bond donors (Lipinski definition) is 3. The van der Waals surface area contributed by atoms with Gasteiger partial charge in [0.25, 0.3) is 0 Å². The van der Waals surface area contributed by atoms with Gasteiger partial charge < -0.3 is 5.73 Å². The molecule has 0 saturated carbocycles. The number of nitrogens with zero attached hydrogens (tertiary/aromatic N) is 2. The first kappa shape index (κ1) is 14.8. The molecule has 0 spiro atoms. The Labute approximate surface area is 121 Å². The van der Waals surface area contributed by atoms with Gasteiger partial charge in [-0.05, 0) is 12.1 Å². The summed E-state index contributed by atoms with van der Waals surface area (Å²) in [5.74, 6) is 0.925. The summed E-state index contributed by atoms with van der Waals surface area (Å²) in [6.45, 7) is 0.112. The highest BCUT2D eigenvalue weighted by atomic mass is 32.2. The van der Waals surface area contributed by atoms with Gasteiger partial charge in [0, 0.05) is 16.3 Å². The lowest BCUT2D eigenvalue weighted by atomic mass is 10.3. The summed E-state index contributed by atoms with van der Waals surface area (Å²) in [5, 5.41) is 6.23. The molecule has 0 saturated heterocycles. The minimum Gasteiger partial charge on any atom is -0.398 e. The summed E-state index contributed by atoms with van der Waals surface area (Å²) >= 11 is 1.42. The van der Waals surface area contributed by atoms with E-state index in [-0.39, 0.29) is 12.3 Å². The third-order valence-corrected chi connectivity index (χ3v) is 5.13. The van der Waals surface area contributed by atoms with Crippen molar-refractivity contribution in [3.8, 4) is 0 Å². The van der Waals surface area contributed by atoms with Gasteiger partial charge >= 0.3 is 0 Å². The van der Waals surface area contributed by atoms with Gasteiger partial charge in [0.15, 0.2) is 0 Å². The van der Waals surface area contributed by atoms with Crippen LogP contribution in [0.5, 0.6) is 0 Å². The van der Waals surface area contributed by atoms with Crippen LogP contribution >= 0.6 is 11.8 Å². The smallest absolute Gasteiger partial charge is 0.212 e. The van der Waals surface area contributed by atoms with Crippen molar-refractivity contribution >= 4 is 27.5 Å². The average molecular weight is 313 g/mol. The van der Waals surface area contributed by atoms with E-state index in [1.807, 2.05) is 18.2 Å². The number of sulfonamides is 1. The number of aromatic amines is 1. The summed E-state index contributed by atoms with van der Waals surface area (Å²) in [6, 6.07) is 7.37. The number of nitrogen functional groups attached to an aromatic ring is 1. The Balaban J connectivity index is 1.79.